The number of benzene rings is 1. The molecule has 1 amide bonds. The molecule has 140 valence electrons. The minimum absolute atomic E-state index is 0.0897. The zero-order chi connectivity index (χ0) is 18.7. The highest BCUT2D eigenvalue weighted by molar-refractivity contribution is 7.89. The second kappa shape index (κ2) is 7.61. The maximum absolute atomic E-state index is 12.7. The Kier molecular flexibility index (Phi) is 5.95. The summed E-state index contributed by atoms with van der Waals surface area (Å²) in [6.45, 7) is 6.25. The molecule has 25 heavy (non-hydrogen) atoms. The van der Waals surface area contributed by atoms with Crippen molar-refractivity contribution in [3.8, 4) is 5.75 Å². The normalized spacial score (nSPS) is 18.7. The maximum atomic E-state index is 12.7. The number of para-hydroxylation sites is 1. The van der Waals surface area contributed by atoms with Crippen molar-refractivity contribution in [3.05, 3.63) is 24.3 Å². The molecule has 0 aliphatic carbocycles. The molecule has 1 atom stereocenters. The summed E-state index contributed by atoms with van der Waals surface area (Å²) in [5.74, 6) is 0.287. The van der Waals surface area contributed by atoms with Crippen molar-refractivity contribution in [2.45, 2.75) is 50.2 Å². The van der Waals surface area contributed by atoms with Crippen molar-refractivity contribution >= 4 is 16.1 Å². The standard InChI is InChI=1S/C17H26N2O5S/c1-17(2,3)24-16(20)19-11-7-8-13(12-19)18-25(21,22)15-10-6-5-9-14(15)23-4/h5-6,9-10,13,18H,7-8,11-12H2,1-4H3/t13-/m0/s1. The molecule has 8 heteroatoms. The Morgan fingerprint density at radius 2 is 1.96 bits per heavy atom. The molecule has 1 heterocycles. The summed E-state index contributed by atoms with van der Waals surface area (Å²) >= 11 is 0. The van der Waals surface area contributed by atoms with E-state index in [4.69, 9.17) is 9.47 Å². The third-order valence-corrected chi connectivity index (χ3v) is 5.31. The lowest BCUT2D eigenvalue weighted by Crippen LogP contribution is -2.50. The third-order valence-electron chi connectivity index (χ3n) is 3.75. The molecule has 1 fully saturated rings. The van der Waals surface area contributed by atoms with Gasteiger partial charge in [-0.2, -0.15) is 0 Å². The molecule has 1 N–H and O–H groups in total. The third kappa shape index (κ3) is 5.34. The topological polar surface area (TPSA) is 84.9 Å². The van der Waals surface area contributed by atoms with E-state index in [1.54, 1.807) is 43.9 Å². The molecule has 0 bridgehead atoms. The Morgan fingerprint density at radius 3 is 2.60 bits per heavy atom. The van der Waals surface area contributed by atoms with Crippen LogP contribution in [0.4, 0.5) is 4.79 Å². The summed E-state index contributed by atoms with van der Waals surface area (Å²) in [6, 6.07) is 6.09. The first-order chi connectivity index (χ1) is 11.6. The van der Waals surface area contributed by atoms with Gasteiger partial charge in [0.15, 0.2) is 0 Å². The number of sulfonamides is 1. The van der Waals surface area contributed by atoms with Crippen molar-refractivity contribution in [3.63, 3.8) is 0 Å². The van der Waals surface area contributed by atoms with E-state index in [0.29, 0.717) is 19.4 Å². The molecular formula is C17H26N2O5S. The Balaban J connectivity index is 2.08. The van der Waals surface area contributed by atoms with Gasteiger partial charge in [0.2, 0.25) is 10.0 Å². The van der Waals surface area contributed by atoms with E-state index in [1.165, 1.54) is 13.2 Å². The van der Waals surface area contributed by atoms with E-state index in [9.17, 15) is 13.2 Å². The number of likely N-dealkylation sites (tertiary alicyclic amines) is 1. The summed E-state index contributed by atoms with van der Waals surface area (Å²) in [5, 5.41) is 0. The number of nitrogens with zero attached hydrogens (tertiary/aromatic N) is 1. The number of hydrogen-bond donors (Lipinski definition) is 1. The lowest BCUT2D eigenvalue weighted by atomic mass is 10.1. The highest BCUT2D eigenvalue weighted by atomic mass is 32.2. The summed E-state index contributed by atoms with van der Waals surface area (Å²) in [7, 11) is -2.31. The number of hydrogen-bond acceptors (Lipinski definition) is 5. The number of carbonyl (C=O) groups excluding carboxylic acids is 1. The first kappa shape index (κ1) is 19.5. The van der Waals surface area contributed by atoms with Crippen LogP contribution in [0, 0.1) is 0 Å². The van der Waals surface area contributed by atoms with Crippen molar-refractivity contribution in [2.24, 2.45) is 0 Å². The fourth-order valence-electron chi connectivity index (χ4n) is 2.69. The smallest absolute Gasteiger partial charge is 0.410 e. The molecule has 0 radical (unpaired) electrons. The Labute approximate surface area is 149 Å². The summed E-state index contributed by atoms with van der Waals surface area (Å²) in [6.07, 6.45) is 0.945. The van der Waals surface area contributed by atoms with Crippen LogP contribution >= 0.6 is 0 Å². The molecule has 0 unspecified atom stereocenters. The average molecular weight is 370 g/mol. The van der Waals surface area contributed by atoms with Crippen molar-refractivity contribution in [1.82, 2.24) is 9.62 Å². The second-order valence-electron chi connectivity index (χ2n) is 7.04. The lowest BCUT2D eigenvalue weighted by molar-refractivity contribution is 0.0195. The van der Waals surface area contributed by atoms with E-state index >= 15 is 0 Å². The van der Waals surface area contributed by atoms with Crippen LogP contribution in [0.2, 0.25) is 0 Å². The van der Waals surface area contributed by atoms with Crippen molar-refractivity contribution < 1.29 is 22.7 Å². The van der Waals surface area contributed by atoms with E-state index < -0.39 is 21.7 Å². The molecule has 1 aliphatic rings. The molecule has 7 nitrogen and oxygen atoms in total. The summed E-state index contributed by atoms with van der Waals surface area (Å²) in [4.78, 5) is 13.8. The zero-order valence-electron chi connectivity index (χ0n) is 15.1. The van der Waals surface area contributed by atoms with Gasteiger partial charge in [0.25, 0.3) is 0 Å². The van der Waals surface area contributed by atoms with E-state index in [1.807, 2.05) is 0 Å². The first-order valence-electron chi connectivity index (χ1n) is 8.25. The highest BCUT2D eigenvalue weighted by Gasteiger charge is 2.31. The number of rotatable bonds is 4. The van der Waals surface area contributed by atoms with Crippen LogP contribution in [0.3, 0.4) is 0 Å². The predicted molar refractivity (Wildman–Crippen MR) is 94.1 cm³/mol. The predicted octanol–water partition coefficient (Wildman–Crippen LogP) is 2.37. The van der Waals surface area contributed by atoms with Gasteiger partial charge in [-0.3, -0.25) is 0 Å². The van der Waals surface area contributed by atoms with Gasteiger partial charge >= 0.3 is 6.09 Å². The lowest BCUT2D eigenvalue weighted by Gasteiger charge is -2.34. The molecule has 1 saturated heterocycles. The van der Waals surface area contributed by atoms with Crippen molar-refractivity contribution in [1.29, 1.82) is 0 Å². The van der Waals surface area contributed by atoms with Crippen molar-refractivity contribution in [2.75, 3.05) is 20.2 Å². The molecule has 0 saturated carbocycles. The van der Waals surface area contributed by atoms with Gasteiger partial charge in [0.05, 0.1) is 7.11 Å². The summed E-state index contributed by atoms with van der Waals surface area (Å²) in [5.41, 5.74) is -0.582. The number of amides is 1. The van der Waals surface area contributed by atoms with Crippen LogP contribution in [0.25, 0.3) is 0 Å². The Hall–Kier alpha value is -1.80. The molecule has 2 rings (SSSR count). The molecule has 1 aromatic rings. The zero-order valence-corrected chi connectivity index (χ0v) is 15.9. The number of carbonyl (C=O) groups is 1. The molecule has 1 aliphatic heterocycles. The second-order valence-corrected chi connectivity index (χ2v) is 8.72. The van der Waals surface area contributed by atoms with Crippen LogP contribution in [0.15, 0.2) is 29.2 Å². The Morgan fingerprint density at radius 1 is 1.28 bits per heavy atom. The number of nitrogens with one attached hydrogen (secondary N) is 1. The van der Waals surface area contributed by atoms with Gasteiger partial charge in [-0.25, -0.2) is 17.9 Å². The quantitative estimate of drug-likeness (QED) is 0.879. The molecule has 0 spiro atoms. The Bertz CT molecular complexity index is 712. The minimum Gasteiger partial charge on any atom is -0.495 e. The van der Waals surface area contributed by atoms with E-state index in [-0.39, 0.29) is 23.2 Å². The van der Waals surface area contributed by atoms with Crippen LogP contribution in [0.5, 0.6) is 5.75 Å². The first-order valence-corrected chi connectivity index (χ1v) is 9.74. The van der Waals surface area contributed by atoms with Crippen LogP contribution in [-0.2, 0) is 14.8 Å². The van der Waals surface area contributed by atoms with Crippen LogP contribution in [0.1, 0.15) is 33.6 Å². The monoisotopic (exact) mass is 370 g/mol. The summed E-state index contributed by atoms with van der Waals surface area (Å²) < 4.78 is 38.5. The van der Waals surface area contributed by atoms with Crippen LogP contribution < -0.4 is 9.46 Å². The van der Waals surface area contributed by atoms with Crippen LogP contribution in [-0.4, -0.2) is 51.3 Å². The van der Waals surface area contributed by atoms with Gasteiger partial charge < -0.3 is 14.4 Å². The van der Waals surface area contributed by atoms with Gasteiger partial charge in [-0.05, 0) is 45.7 Å². The average Bonchev–Trinajstić information content (AvgIpc) is 2.53. The maximum Gasteiger partial charge on any atom is 0.410 e. The van der Waals surface area contributed by atoms with Gasteiger partial charge in [0.1, 0.15) is 16.2 Å². The largest absolute Gasteiger partial charge is 0.495 e. The van der Waals surface area contributed by atoms with Gasteiger partial charge in [0, 0.05) is 19.1 Å². The minimum atomic E-state index is -3.74. The fraction of sp³-hybridized carbons (Fsp3) is 0.588. The number of methoxy groups -OCH3 is 1. The fourth-order valence-corrected chi connectivity index (χ4v) is 4.12. The van der Waals surface area contributed by atoms with E-state index in [0.717, 1.165) is 0 Å². The molecule has 0 aromatic heterocycles. The number of ether oxygens (including phenoxy) is 2. The highest BCUT2D eigenvalue weighted by Crippen LogP contribution is 2.24. The van der Waals surface area contributed by atoms with Gasteiger partial charge in [-0.1, -0.05) is 12.1 Å². The SMILES string of the molecule is COc1ccccc1S(=O)(=O)N[C@H]1CCCN(C(=O)OC(C)(C)C)C1. The number of piperidine rings is 1. The molecular weight excluding hydrogens is 344 g/mol. The van der Waals surface area contributed by atoms with Gasteiger partial charge in [-0.15, -0.1) is 0 Å². The van der Waals surface area contributed by atoms with E-state index in [2.05, 4.69) is 4.72 Å². The molecule has 1 aromatic carbocycles.